The van der Waals surface area contributed by atoms with E-state index >= 15 is 0 Å². The number of hydrogen-bond acceptors (Lipinski definition) is 5. The van der Waals surface area contributed by atoms with E-state index in [1.807, 2.05) is 0 Å². The molecule has 1 amide bonds. The Morgan fingerprint density at radius 2 is 2.26 bits per heavy atom. The van der Waals surface area contributed by atoms with E-state index in [0.717, 1.165) is 12.1 Å². The lowest BCUT2D eigenvalue weighted by atomic mass is 10.1. The lowest BCUT2D eigenvalue weighted by molar-refractivity contribution is -0.384. The van der Waals surface area contributed by atoms with Crippen molar-refractivity contribution in [2.75, 3.05) is 26.0 Å². The molecule has 104 valence electrons. The van der Waals surface area contributed by atoms with E-state index in [-0.39, 0.29) is 6.54 Å². The number of ether oxygens (including phenoxy) is 1. The molecule has 0 radical (unpaired) electrons. The Morgan fingerprint density at radius 1 is 1.58 bits per heavy atom. The van der Waals surface area contributed by atoms with Crippen LogP contribution in [0.1, 0.15) is 16.8 Å². The number of hydrogen-bond donors (Lipinski definition) is 2. The zero-order valence-corrected chi connectivity index (χ0v) is 10.3. The molecule has 1 aromatic rings. The first-order valence-corrected chi connectivity index (χ1v) is 5.48. The lowest BCUT2D eigenvalue weighted by Gasteiger charge is -2.08. The second-order valence-electron chi connectivity index (χ2n) is 3.71. The van der Waals surface area contributed by atoms with Gasteiger partial charge < -0.3 is 15.8 Å². The maximum atomic E-state index is 13.5. The lowest BCUT2D eigenvalue weighted by Crippen LogP contribution is -2.27. The fourth-order valence-corrected chi connectivity index (χ4v) is 1.48. The van der Waals surface area contributed by atoms with Gasteiger partial charge >= 0.3 is 0 Å². The highest BCUT2D eigenvalue weighted by atomic mass is 19.1. The fourth-order valence-electron chi connectivity index (χ4n) is 1.48. The number of anilines is 1. The molecule has 8 heteroatoms. The number of nitro groups is 1. The Bertz CT molecular complexity index is 493. The normalized spacial score (nSPS) is 10.2. The zero-order chi connectivity index (χ0) is 14.4. The van der Waals surface area contributed by atoms with Crippen LogP contribution in [0.5, 0.6) is 0 Å². The standard InChI is InChI=1S/C11H14FN3O4/c1-19-6-2-5-14-11(16)9-7(12)3-4-8(10(9)13)15(17)18/h3-4H,2,5-6,13H2,1H3,(H,14,16). The summed E-state index contributed by atoms with van der Waals surface area (Å²) in [6.45, 7) is 0.696. The molecule has 0 aliphatic heterocycles. The number of nitro benzene ring substituents is 1. The zero-order valence-electron chi connectivity index (χ0n) is 10.3. The number of rotatable bonds is 6. The van der Waals surface area contributed by atoms with Crippen molar-refractivity contribution in [1.29, 1.82) is 0 Å². The largest absolute Gasteiger partial charge is 0.392 e. The molecular formula is C11H14FN3O4. The molecule has 0 aromatic heterocycles. The summed E-state index contributed by atoms with van der Waals surface area (Å²) < 4.78 is 18.3. The second kappa shape index (κ2) is 6.64. The van der Waals surface area contributed by atoms with E-state index in [4.69, 9.17) is 10.5 Å². The van der Waals surface area contributed by atoms with Crippen LogP contribution >= 0.6 is 0 Å². The van der Waals surface area contributed by atoms with Gasteiger partial charge in [-0.1, -0.05) is 0 Å². The summed E-state index contributed by atoms with van der Waals surface area (Å²) in [6, 6.07) is 1.77. The summed E-state index contributed by atoms with van der Waals surface area (Å²) >= 11 is 0. The van der Waals surface area contributed by atoms with Crippen LogP contribution in [0.4, 0.5) is 15.8 Å². The van der Waals surface area contributed by atoms with Crippen molar-refractivity contribution in [3.8, 4) is 0 Å². The molecule has 7 nitrogen and oxygen atoms in total. The molecule has 3 N–H and O–H groups in total. The minimum absolute atomic E-state index is 0.258. The van der Waals surface area contributed by atoms with Crippen LogP contribution in [0.25, 0.3) is 0 Å². The van der Waals surface area contributed by atoms with Crippen LogP contribution in [0, 0.1) is 15.9 Å². The highest BCUT2D eigenvalue weighted by molar-refractivity contribution is 6.01. The molecule has 0 saturated heterocycles. The molecule has 19 heavy (non-hydrogen) atoms. The molecule has 0 heterocycles. The van der Waals surface area contributed by atoms with Gasteiger partial charge in [-0.15, -0.1) is 0 Å². The van der Waals surface area contributed by atoms with Gasteiger partial charge in [-0.05, 0) is 12.5 Å². The first kappa shape index (κ1) is 14.8. The number of methoxy groups -OCH3 is 1. The summed E-state index contributed by atoms with van der Waals surface area (Å²) in [5, 5.41) is 13.1. The third-order valence-corrected chi connectivity index (χ3v) is 2.41. The van der Waals surface area contributed by atoms with Crippen LogP contribution in [-0.2, 0) is 4.74 Å². The third kappa shape index (κ3) is 3.62. The first-order chi connectivity index (χ1) is 8.99. The predicted molar refractivity (Wildman–Crippen MR) is 66.3 cm³/mol. The Morgan fingerprint density at radius 3 is 2.84 bits per heavy atom. The smallest absolute Gasteiger partial charge is 0.293 e. The number of nitrogen functional groups attached to an aromatic ring is 1. The number of amides is 1. The van der Waals surface area contributed by atoms with Crippen molar-refractivity contribution in [2.45, 2.75) is 6.42 Å². The van der Waals surface area contributed by atoms with E-state index in [1.54, 1.807) is 0 Å². The van der Waals surface area contributed by atoms with Gasteiger partial charge in [-0.3, -0.25) is 14.9 Å². The molecule has 0 fully saturated rings. The number of nitrogens with zero attached hydrogens (tertiary/aromatic N) is 1. The van der Waals surface area contributed by atoms with Gasteiger partial charge in [-0.25, -0.2) is 4.39 Å². The predicted octanol–water partition coefficient (Wildman–Crippen LogP) is 1.08. The van der Waals surface area contributed by atoms with Gasteiger partial charge in [-0.2, -0.15) is 0 Å². The monoisotopic (exact) mass is 271 g/mol. The van der Waals surface area contributed by atoms with Crippen LogP contribution in [-0.4, -0.2) is 31.1 Å². The van der Waals surface area contributed by atoms with Crippen molar-refractivity contribution in [3.05, 3.63) is 33.6 Å². The highest BCUT2D eigenvalue weighted by Crippen LogP contribution is 2.27. The maximum absolute atomic E-state index is 13.5. The van der Waals surface area contributed by atoms with Gasteiger partial charge in [0.15, 0.2) is 0 Å². The SMILES string of the molecule is COCCCNC(=O)c1c(F)ccc([N+](=O)[O-])c1N. The summed E-state index contributed by atoms with van der Waals surface area (Å²) in [5.74, 6) is -1.68. The Kier molecular flexibility index (Phi) is 5.19. The van der Waals surface area contributed by atoms with E-state index in [2.05, 4.69) is 5.32 Å². The third-order valence-electron chi connectivity index (χ3n) is 2.41. The van der Waals surface area contributed by atoms with Gasteiger partial charge in [0.25, 0.3) is 11.6 Å². The van der Waals surface area contributed by atoms with Crippen molar-refractivity contribution < 1.29 is 18.8 Å². The van der Waals surface area contributed by atoms with Crippen molar-refractivity contribution >= 4 is 17.3 Å². The molecular weight excluding hydrogens is 257 g/mol. The molecule has 0 saturated carbocycles. The molecule has 1 aromatic carbocycles. The maximum Gasteiger partial charge on any atom is 0.293 e. The van der Waals surface area contributed by atoms with E-state index < -0.39 is 33.6 Å². The summed E-state index contributed by atoms with van der Waals surface area (Å²) in [5.41, 5.74) is 3.97. The quantitative estimate of drug-likeness (QED) is 0.348. The summed E-state index contributed by atoms with van der Waals surface area (Å²) in [6.07, 6.45) is 0.540. The minimum atomic E-state index is -0.896. The molecule has 0 bridgehead atoms. The molecule has 0 unspecified atom stereocenters. The average molecular weight is 271 g/mol. The van der Waals surface area contributed by atoms with Crippen LogP contribution in [0.15, 0.2) is 12.1 Å². The van der Waals surface area contributed by atoms with E-state index in [1.165, 1.54) is 7.11 Å². The van der Waals surface area contributed by atoms with E-state index in [0.29, 0.717) is 13.0 Å². The van der Waals surface area contributed by atoms with Crippen LogP contribution in [0.2, 0.25) is 0 Å². The number of nitrogens with two attached hydrogens (primary N) is 1. The number of benzene rings is 1. The van der Waals surface area contributed by atoms with Gasteiger partial charge in [0.1, 0.15) is 17.1 Å². The Balaban J connectivity index is 2.90. The second-order valence-corrected chi connectivity index (χ2v) is 3.71. The van der Waals surface area contributed by atoms with Crippen molar-refractivity contribution in [1.82, 2.24) is 5.32 Å². The number of carbonyl (C=O) groups is 1. The van der Waals surface area contributed by atoms with Crippen LogP contribution in [0.3, 0.4) is 0 Å². The number of carbonyl (C=O) groups excluding carboxylic acids is 1. The van der Waals surface area contributed by atoms with Crippen LogP contribution < -0.4 is 11.1 Å². The van der Waals surface area contributed by atoms with Gasteiger partial charge in [0.05, 0.1) is 4.92 Å². The fraction of sp³-hybridized carbons (Fsp3) is 0.364. The molecule has 0 atom stereocenters. The average Bonchev–Trinajstić information content (AvgIpc) is 2.34. The molecule has 0 aliphatic carbocycles. The summed E-state index contributed by atoms with van der Waals surface area (Å²) in [7, 11) is 1.51. The molecule has 1 rings (SSSR count). The highest BCUT2D eigenvalue weighted by Gasteiger charge is 2.23. The van der Waals surface area contributed by atoms with Gasteiger partial charge in [0, 0.05) is 26.3 Å². The van der Waals surface area contributed by atoms with E-state index in [9.17, 15) is 19.3 Å². The van der Waals surface area contributed by atoms with Gasteiger partial charge in [0.2, 0.25) is 0 Å². The first-order valence-electron chi connectivity index (χ1n) is 5.48. The number of nitrogens with one attached hydrogen (secondary N) is 1. The summed E-state index contributed by atoms with van der Waals surface area (Å²) in [4.78, 5) is 21.6. The van der Waals surface area contributed by atoms with Crippen molar-refractivity contribution in [3.63, 3.8) is 0 Å². The number of halogens is 1. The Hall–Kier alpha value is -2.22. The van der Waals surface area contributed by atoms with Crippen molar-refractivity contribution in [2.24, 2.45) is 0 Å². The minimum Gasteiger partial charge on any atom is -0.392 e. The Labute approximate surface area is 108 Å². The molecule has 0 aliphatic rings. The molecule has 0 spiro atoms. The topological polar surface area (TPSA) is 107 Å².